The average Bonchev–Trinajstić information content (AvgIpc) is 2.69. The number of hydrogen-bond donors (Lipinski definition) is 1. The zero-order chi connectivity index (χ0) is 20.1. The van der Waals surface area contributed by atoms with Crippen molar-refractivity contribution in [1.29, 1.82) is 0 Å². The molecule has 0 atom stereocenters. The highest BCUT2D eigenvalue weighted by molar-refractivity contribution is 6.32. The summed E-state index contributed by atoms with van der Waals surface area (Å²) in [7, 11) is 5.17. The molecule has 2 aromatic carbocycles. The van der Waals surface area contributed by atoms with Crippen molar-refractivity contribution in [2.45, 2.75) is 13.5 Å². The summed E-state index contributed by atoms with van der Waals surface area (Å²) >= 11 is 6.19. The molecule has 0 amide bonds. The Bertz CT molecular complexity index is 951. The molecule has 1 heterocycles. The molecule has 0 radical (unpaired) electrons. The molecule has 1 N–H and O–H groups in total. The van der Waals surface area contributed by atoms with Crippen LogP contribution < -0.4 is 19.7 Å². The van der Waals surface area contributed by atoms with Crippen molar-refractivity contribution in [3.63, 3.8) is 0 Å². The predicted octanol–water partition coefficient (Wildman–Crippen LogP) is 4.84. The number of halogens is 1. The summed E-state index contributed by atoms with van der Waals surface area (Å²) < 4.78 is 10.7. The molecule has 0 aliphatic rings. The molecule has 0 fully saturated rings. The molecule has 0 spiro atoms. The molecule has 0 aliphatic carbocycles. The Morgan fingerprint density at radius 3 is 2.39 bits per heavy atom. The summed E-state index contributed by atoms with van der Waals surface area (Å²) in [5, 5.41) is 3.76. The summed E-state index contributed by atoms with van der Waals surface area (Å²) in [6.45, 7) is 2.61. The van der Waals surface area contributed by atoms with Crippen LogP contribution in [0.1, 0.15) is 11.4 Å². The molecule has 0 saturated carbocycles. The van der Waals surface area contributed by atoms with Gasteiger partial charge in [-0.1, -0.05) is 41.9 Å². The van der Waals surface area contributed by atoms with Crippen LogP contribution in [0.15, 0.2) is 48.5 Å². The van der Waals surface area contributed by atoms with E-state index in [-0.39, 0.29) is 0 Å². The Kier molecular flexibility index (Phi) is 6.21. The number of aryl methyl sites for hydroxylation is 1. The highest BCUT2D eigenvalue weighted by atomic mass is 35.5. The van der Waals surface area contributed by atoms with Crippen molar-refractivity contribution in [1.82, 2.24) is 9.97 Å². The van der Waals surface area contributed by atoms with Gasteiger partial charge in [-0.05, 0) is 12.5 Å². The summed E-state index contributed by atoms with van der Waals surface area (Å²) in [6, 6.07) is 15.6. The standard InChI is InChI=1S/C21H23ClN4O2/c1-14-23-20(25-17-11-18(27-3)16(22)10-19(17)28-4)12-21(24-14)26(2)13-15-8-6-5-7-9-15/h5-12H,13H2,1-4H3,(H,23,24,25). The van der Waals surface area contributed by atoms with Gasteiger partial charge in [-0.2, -0.15) is 0 Å². The number of benzene rings is 2. The number of rotatable bonds is 7. The van der Waals surface area contributed by atoms with E-state index in [0.29, 0.717) is 33.9 Å². The van der Waals surface area contributed by atoms with Crippen molar-refractivity contribution in [3.8, 4) is 11.5 Å². The molecule has 3 aromatic rings. The normalized spacial score (nSPS) is 10.5. The molecular formula is C21H23ClN4O2. The number of hydrogen-bond acceptors (Lipinski definition) is 6. The predicted molar refractivity (Wildman–Crippen MR) is 113 cm³/mol. The molecule has 1 aromatic heterocycles. The third-order valence-electron chi connectivity index (χ3n) is 4.21. The van der Waals surface area contributed by atoms with Crippen LogP contribution in [-0.4, -0.2) is 31.2 Å². The number of ether oxygens (including phenoxy) is 2. The van der Waals surface area contributed by atoms with Crippen molar-refractivity contribution >= 4 is 28.9 Å². The largest absolute Gasteiger partial charge is 0.495 e. The average molecular weight is 399 g/mol. The van der Waals surface area contributed by atoms with Crippen LogP contribution in [0.3, 0.4) is 0 Å². The lowest BCUT2D eigenvalue weighted by Crippen LogP contribution is -2.18. The smallest absolute Gasteiger partial charge is 0.144 e. The van der Waals surface area contributed by atoms with Gasteiger partial charge in [-0.15, -0.1) is 0 Å². The Morgan fingerprint density at radius 1 is 1.00 bits per heavy atom. The number of anilines is 3. The maximum atomic E-state index is 6.19. The van der Waals surface area contributed by atoms with E-state index in [9.17, 15) is 0 Å². The molecule has 7 heteroatoms. The molecule has 146 valence electrons. The minimum atomic E-state index is 0.479. The van der Waals surface area contributed by atoms with E-state index in [4.69, 9.17) is 21.1 Å². The minimum Gasteiger partial charge on any atom is -0.495 e. The van der Waals surface area contributed by atoms with E-state index >= 15 is 0 Å². The summed E-state index contributed by atoms with van der Waals surface area (Å²) in [6.07, 6.45) is 0. The second kappa shape index (κ2) is 8.80. The van der Waals surface area contributed by atoms with Gasteiger partial charge in [0.05, 0.1) is 24.9 Å². The van der Waals surface area contributed by atoms with E-state index in [0.717, 1.165) is 12.4 Å². The first-order valence-corrected chi connectivity index (χ1v) is 9.17. The zero-order valence-corrected chi connectivity index (χ0v) is 17.1. The van der Waals surface area contributed by atoms with Crippen LogP contribution in [0.2, 0.25) is 5.02 Å². The van der Waals surface area contributed by atoms with Crippen LogP contribution >= 0.6 is 11.6 Å². The molecule has 28 heavy (non-hydrogen) atoms. The summed E-state index contributed by atoms with van der Waals surface area (Å²) in [5.74, 6) is 3.29. The third kappa shape index (κ3) is 4.64. The lowest BCUT2D eigenvalue weighted by Gasteiger charge is -2.20. The molecular weight excluding hydrogens is 376 g/mol. The maximum absolute atomic E-state index is 6.19. The molecule has 0 bridgehead atoms. The van der Waals surface area contributed by atoms with Gasteiger partial charge in [0.2, 0.25) is 0 Å². The first-order chi connectivity index (χ1) is 13.5. The SMILES string of the molecule is COc1cc(Nc2cc(N(C)Cc3ccccc3)nc(C)n2)c(OC)cc1Cl. The number of nitrogens with zero attached hydrogens (tertiary/aromatic N) is 3. The molecule has 6 nitrogen and oxygen atoms in total. The Balaban J connectivity index is 1.88. The third-order valence-corrected chi connectivity index (χ3v) is 4.51. The highest BCUT2D eigenvalue weighted by Gasteiger charge is 2.13. The van der Waals surface area contributed by atoms with Crippen LogP contribution in [0.4, 0.5) is 17.3 Å². The van der Waals surface area contributed by atoms with E-state index in [1.807, 2.05) is 38.2 Å². The van der Waals surface area contributed by atoms with Crippen molar-refractivity contribution in [2.75, 3.05) is 31.5 Å². The Morgan fingerprint density at radius 2 is 1.71 bits per heavy atom. The molecule has 0 saturated heterocycles. The van der Waals surface area contributed by atoms with E-state index < -0.39 is 0 Å². The van der Waals surface area contributed by atoms with Gasteiger partial charge in [0.25, 0.3) is 0 Å². The molecule has 3 rings (SSSR count). The fraction of sp³-hybridized carbons (Fsp3) is 0.238. The van der Waals surface area contributed by atoms with Crippen LogP contribution in [0.25, 0.3) is 0 Å². The maximum Gasteiger partial charge on any atom is 0.144 e. The van der Waals surface area contributed by atoms with Crippen LogP contribution in [0.5, 0.6) is 11.5 Å². The van der Waals surface area contributed by atoms with Gasteiger partial charge in [-0.3, -0.25) is 0 Å². The fourth-order valence-corrected chi connectivity index (χ4v) is 3.08. The van der Waals surface area contributed by atoms with Gasteiger partial charge >= 0.3 is 0 Å². The van der Waals surface area contributed by atoms with Gasteiger partial charge in [0.1, 0.15) is 29.0 Å². The van der Waals surface area contributed by atoms with Crippen LogP contribution in [-0.2, 0) is 6.54 Å². The van der Waals surface area contributed by atoms with Crippen molar-refractivity contribution in [2.24, 2.45) is 0 Å². The fourth-order valence-electron chi connectivity index (χ4n) is 2.85. The summed E-state index contributed by atoms with van der Waals surface area (Å²) in [5.41, 5.74) is 1.92. The van der Waals surface area contributed by atoms with E-state index in [1.54, 1.807) is 26.4 Å². The van der Waals surface area contributed by atoms with Gasteiger partial charge in [0.15, 0.2) is 0 Å². The van der Waals surface area contributed by atoms with Crippen molar-refractivity contribution < 1.29 is 9.47 Å². The first kappa shape index (κ1) is 19.8. The van der Waals surface area contributed by atoms with Gasteiger partial charge in [0, 0.05) is 31.8 Å². The lowest BCUT2D eigenvalue weighted by molar-refractivity contribution is 0.405. The summed E-state index contributed by atoms with van der Waals surface area (Å²) in [4.78, 5) is 11.1. The van der Waals surface area contributed by atoms with Gasteiger partial charge < -0.3 is 19.7 Å². The molecule has 0 aliphatic heterocycles. The van der Waals surface area contributed by atoms with E-state index in [1.165, 1.54) is 5.56 Å². The second-order valence-corrected chi connectivity index (χ2v) is 6.72. The Labute approximate surface area is 170 Å². The topological polar surface area (TPSA) is 59.5 Å². The monoisotopic (exact) mass is 398 g/mol. The number of nitrogens with one attached hydrogen (secondary N) is 1. The lowest BCUT2D eigenvalue weighted by atomic mass is 10.2. The molecule has 0 unspecified atom stereocenters. The number of aromatic nitrogens is 2. The Hall–Kier alpha value is -2.99. The first-order valence-electron chi connectivity index (χ1n) is 8.79. The minimum absolute atomic E-state index is 0.479. The van der Waals surface area contributed by atoms with Crippen LogP contribution in [0, 0.1) is 6.92 Å². The highest BCUT2D eigenvalue weighted by Crippen LogP contribution is 2.37. The zero-order valence-electron chi connectivity index (χ0n) is 16.4. The quantitative estimate of drug-likeness (QED) is 0.614. The second-order valence-electron chi connectivity index (χ2n) is 6.31. The van der Waals surface area contributed by atoms with Crippen molar-refractivity contribution in [3.05, 3.63) is 64.9 Å². The van der Waals surface area contributed by atoms with Gasteiger partial charge in [-0.25, -0.2) is 9.97 Å². The van der Waals surface area contributed by atoms with E-state index in [2.05, 4.69) is 32.3 Å². The number of methoxy groups -OCH3 is 2.